The predicted octanol–water partition coefficient (Wildman–Crippen LogP) is 4.10. The quantitative estimate of drug-likeness (QED) is 0.711. The van der Waals surface area contributed by atoms with Gasteiger partial charge < -0.3 is 5.32 Å². The molecule has 1 aliphatic carbocycles. The number of carbonyl (C=O) groups excluding carboxylic acids is 1. The summed E-state index contributed by atoms with van der Waals surface area (Å²) in [6, 6.07) is 11.1. The van der Waals surface area contributed by atoms with Crippen molar-refractivity contribution in [1.29, 1.82) is 0 Å². The fraction of sp³-hybridized carbons (Fsp3) is 0.391. The van der Waals surface area contributed by atoms with E-state index in [0.29, 0.717) is 28.0 Å². The summed E-state index contributed by atoms with van der Waals surface area (Å²) in [5.41, 5.74) is 2.96. The fourth-order valence-corrected chi connectivity index (χ4v) is 3.92. The summed E-state index contributed by atoms with van der Waals surface area (Å²) in [6.07, 6.45) is 6.82. The maximum atomic E-state index is 13.4. The topological polar surface area (TPSA) is 76.9 Å². The van der Waals surface area contributed by atoms with Gasteiger partial charge in [0.05, 0.1) is 0 Å². The monoisotopic (exact) mass is 390 g/mol. The van der Waals surface area contributed by atoms with Gasteiger partial charge in [0.15, 0.2) is 5.65 Å². The van der Waals surface area contributed by atoms with Gasteiger partial charge in [0.1, 0.15) is 11.2 Å². The van der Waals surface area contributed by atoms with Crippen molar-refractivity contribution in [3.63, 3.8) is 0 Å². The molecule has 4 rings (SSSR count). The molecule has 6 nitrogen and oxygen atoms in total. The number of rotatable bonds is 5. The smallest absolute Gasteiger partial charge is 0.278 e. The number of nitrogens with one attached hydrogen (secondary N) is 1. The maximum absolute atomic E-state index is 13.4. The molecule has 0 bridgehead atoms. The summed E-state index contributed by atoms with van der Waals surface area (Å²) in [7, 11) is 0. The molecule has 1 fully saturated rings. The Morgan fingerprint density at radius 2 is 1.93 bits per heavy atom. The van der Waals surface area contributed by atoms with E-state index < -0.39 is 0 Å². The van der Waals surface area contributed by atoms with Crippen molar-refractivity contribution in [2.24, 2.45) is 0 Å². The Hall–Kier alpha value is -3.02. The first-order valence-corrected chi connectivity index (χ1v) is 10.4. The molecule has 0 aliphatic heterocycles. The van der Waals surface area contributed by atoms with Crippen LogP contribution in [0.1, 0.15) is 62.4 Å². The Labute approximate surface area is 170 Å². The van der Waals surface area contributed by atoms with Gasteiger partial charge in [0.25, 0.3) is 11.5 Å². The number of amides is 1. The van der Waals surface area contributed by atoms with Gasteiger partial charge >= 0.3 is 0 Å². The summed E-state index contributed by atoms with van der Waals surface area (Å²) >= 11 is 0. The van der Waals surface area contributed by atoms with Gasteiger partial charge in [-0.15, -0.1) is 0 Å². The molecule has 1 N–H and O–H groups in total. The maximum Gasteiger partial charge on any atom is 0.278 e. The van der Waals surface area contributed by atoms with Gasteiger partial charge in [-0.05, 0) is 50.5 Å². The molecular formula is C23H26N4O2. The minimum atomic E-state index is -0.111. The van der Waals surface area contributed by atoms with Gasteiger partial charge in [-0.3, -0.25) is 14.2 Å². The average molecular weight is 390 g/mol. The number of pyridine rings is 1. The van der Waals surface area contributed by atoms with Crippen LogP contribution in [0.2, 0.25) is 0 Å². The summed E-state index contributed by atoms with van der Waals surface area (Å²) in [5, 5.41) is 2.96. The highest BCUT2D eigenvalue weighted by atomic mass is 16.1. The minimum Gasteiger partial charge on any atom is -0.350 e. The third-order valence-electron chi connectivity index (χ3n) is 5.75. The number of carbonyl (C=O) groups is 1. The van der Waals surface area contributed by atoms with Crippen LogP contribution in [0.25, 0.3) is 22.4 Å². The van der Waals surface area contributed by atoms with Gasteiger partial charge in [0.2, 0.25) is 0 Å². The first-order chi connectivity index (χ1) is 14.1. The number of fused-ring (bicyclic) bond motifs is 1. The van der Waals surface area contributed by atoms with Gasteiger partial charge in [-0.25, -0.2) is 9.97 Å². The minimum absolute atomic E-state index is 0.107. The van der Waals surface area contributed by atoms with Gasteiger partial charge in [0, 0.05) is 29.4 Å². The average Bonchev–Trinajstić information content (AvgIpc) is 3.27. The molecule has 1 atom stereocenters. The Morgan fingerprint density at radius 1 is 1.21 bits per heavy atom. The number of benzene rings is 1. The zero-order valence-corrected chi connectivity index (χ0v) is 16.9. The lowest BCUT2D eigenvalue weighted by molar-refractivity contribution is 0.0939. The van der Waals surface area contributed by atoms with Crippen molar-refractivity contribution in [3.8, 4) is 11.3 Å². The molecule has 6 heteroatoms. The van der Waals surface area contributed by atoms with E-state index in [1.807, 2.05) is 30.5 Å². The SMILES string of the molecule is CC[C@H](C)NC(=O)c1ccc(-c2nc3cccnc3n(C3CCCC3)c2=O)cc1. The molecule has 1 aliphatic rings. The van der Waals surface area contributed by atoms with E-state index in [1.54, 1.807) is 30.5 Å². The second-order valence-electron chi connectivity index (χ2n) is 7.78. The van der Waals surface area contributed by atoms with Gasteiger partial charge in [-0.2, -0.15) is 0 Å². The Bertz CT molecular complexity index is 1080. The largest absolute Gasteiger partial charge is 0.350 e. The van der Waals surface area contributed by atoms with Crippen molar-refractivity contribution in [2.45, 2.75) is 58.0 Å². The number of nitrogens with zero attached hydrogens (tertiary/aromatic N) is 3. The number of aromatic nitrogens is 3. The van der Waals surface area contributed by atoms with Crippen LogP contribution in [0.5, 0.6) is 0 Å². The Balaban J connectivity index is 1.75. The van der Waals surface area contributed by atoms with Crippen molar-refractivity contribution in [2.75, 3.05) is 0 Å². The second-order valence-corrected chi connectivity index (χ2v) is 7.78. The fourth-order valence-electron chi connectivity index (χ4n) is 3.92. The highest BCUT2D eigenvalue weighted by Gasteiger charge is 2.23. The lowest BCUT2D eigenvalue weighted by atomic mass is 10.1. The number of hydrogen-bond acceptors (Lipinski definition) is 4. The molecule has 2 aromatic heterocycles. The lowest BCUT2D eigenvalue weighted by Gasteiger charge is -2.17. The van der Waals surface area contributed by atoms with Crippen molar-refractivity contribution in [3.05, 3.63) is 58.5 Å². The highest BCUT2D eigenvalue weighted by Crippen LogP contribution is 2.30. The van der Waals surface area contributed by atoms with Crippen LogP contribution >= 0.6 is 0 Å². The van der Waals surface area contributed by atoms with E-state index in [1.165, 1.54) is 0 Å². The molecule has 150 valence electrons. The van der Waals surface area contributed by atoms with E-state index >= 15 is 0 Å². The second kappa shape index (κ2) is 8.15. The first-order valence-electron chi connectivity index (χ1n) is 10.4. The van der Waals surface area contributed by atoms with Gasteiger partial charge in [-0.1, -0.05) is 31.9 Å². The third kappa shape index (κ3) is 3.79. The van der Waals surface area contributed by atoms with E-state index in [9.17, 15) is 9.59 Å². The molecule has 0 unspecified atom stereocenters. The molecule has 0 spiro atoms. The standard InChI is InChI=1S/C23H26N4O2/c1-3-15(2)25-22(28)17-12-10-16(11-13-17)20-23(29)27(18-7-4-5-8-18)21-19(26-20)9-6-14-24-21/h6,9-15,18H,3-5,7-8H2,1-2H3,(H,25,28)/t15-/m0/s1. The Kier molecular flexibility index (Phi) is 5.43. The van der Waals surface area contributed by atoms with Crippen molar-refractivity contribution in [1.82, 2.24) is 19.9 Å². The summed E-state index contributed by atoms with van der Waals surface area (Å²) in [6.45, 7) is 4.01. The molecule has 29 heavy (non-hydrogen) atoms. The van der Waals surface area contributed by atoms with Crippen molar-refractivity contribution >= 4 is 17.1 Å². The van der Waals surface area contributed by atoms with Crippen LogP contribution < -0.4 is 10.9 Å². The molecule has 1 amide bonds. The lowest BCUT2D eigenvalue weighted by Crippen LogP contribution is -2.31. The van der Waals surface area contributed by atoms with Crippen LogP contribution in [-0.2, 0) is 0 Å². The number of hydrogen-bond donors (Lipinski definition) is 1. The van der Waals surface area contributed by atoms with Crippen LogP contribution in [0, 0.1) is 0 Å². The highest BCUT2D eigenvalue weighted by molar-refractivity contribution is 5.94. The Morgan fingerprint density at radius 3 is 2.62 bits per heavy atom. The van der Waals surface area contributed by atoms with Crippen LogP contribution in [0.15, 0.2) is 47.4 Å². The molecule has 1 saturated carbocycles. The molecule has 2 heterocycles. The van der Waals surface area contributed by atoms with E-state index in [-0.39, 0.29) is 23.6 Å². The summed E-state index contributed by atoms with van der Waals surface area (Å²) in [5.74, 6) is -0.107. The summed E-state index contributed by atoms with van der Waals surface area (Å²) in [4.78, 5) is 34.7. The molecule has 0 saturated heterocycles. The van der Waals surface area contributed by atoms with Crippen LogP contribution in [0.4, 0.5) is 0 Å². The molecular weight excluding hydrogens is 364 g/mol. The van der Waals surface area contributed by atoms with Crippen LogP contribution in [0.3, 0.4) is 0 Å². The predicted molar refractivity (Wildman–Crippen MR) is 114 cm³/mol. The van der Waals surface area contributed by atoms with E-state index in [2.05, 4.69) is 15.3 Å². The third-order valence-corrected chi connectivity index (χ3v) is 5.75. The zero-order valence-electron chi connectivity index (χ0n) is 16.9. The molecule has 3 aromatic rings. The first kappa shape index (κ1) is 19.3. The molecule has 0 radical (unpaired) electrons. The van der Waals surface area contributed by atoms with E-state index in [4.69, 9.17) is 0 Å². The van der Waals surface area contributed by atoms with Crippen LogP contribution in [-0.4, -0.2) is 26.5 Å². The molecule has 1 aromatic carbocycles. The van der Waals surface area contributed by atoms with Crippen molar-refractivity contribution < 1.29 is 4.79 Å². The zero-order chi connectivity index (χ0) is 20.4. The summed E-state index contributed by atoms with van der Waals surface area (Å²) < 4.78 is 1.83. The normalized spacial score (nSPS) is 15.5. The van der Waals surface area contributed by atoms with E-state index in [0.717, 1.165) is 32.1 Å².